The van der Waals surface area contributed by atoms with Gasteiger partial charge < -0.3 is 4.90 Å². The third kappa shape index (κ3) is 2.77. The standard InChI is InChI=1S/C10H14BrN7/c1-17(5-7-3-14-18(2)6-7)9-8(11)4-13-10(15-9)16-12/h3-4,6H,5,12H2,1-2H3,(H,13,15,16). The molecule has 3 N–H and O–H groups in total. The van der Waals surface area contributed by atoms with Crippen LogP contribution < -0.4 is 16.2 Å². The van der Waals surface area contributed by atoms with Crippen molar-refractivity contribution in [3.63, 3.8) is 0 Å². The minimum Gasteiger partial charge on any atom is -0.354 e. The van der Waals surface area contributed by atoms with Crippen LogP contribution in [-0.2, 0) is 13.6 Å². The normalized spacial score (nSPS) is 10.4. The summed E-state index contributed by atoms with van der Waals surface area (Å²) in [5.74, 6) is 6.45. The number of nitrogen functional groups attached to an aromatic ring is 1. The number of nitrogens with two attached hydrogens (primary N) is 1. The van der Waals surface area contributed by atoms with Gasteiger partial charge >= 0.3 is 0 Å². The van der Waals surface area contributed by atoms with Gasteiger partial charge in [0.25, 0.3) is 0 Å². The molecule has 2 aromatic rings. The highest BCUT2D eigenvalue weighted by Crippen LogP contribution is 2.24. The van der Waals surface area contributed by atoms with Crippen molar-refractivity contribution in [2.45, 2.75) is 6.54 Å². The zero-order valence-corrected chi connectivity index (χ0v) is 11.7. The summed E-state index contributed by atoms with van der Waals surface area (Å²) in [6, 6.07) is 0. The largest absolute Gasteiger partial charge is 0.354 e. The van der Waals surface area contributed by atoms with Crippen LogP contribution in [0.4, 0.5) is 11.8 Å². The molecule has 0 unspecified atom stereocenters. The molecule has 0 bridgehead atoms. The summed E-state index contributed by atoms with van der Waals surface area (Å²) in [5.41, 5.74) is 3.54. The SMILES string of the molecule is CN(Cc1cnn(C)c1)c1nc(NN)ncc1Br. The Labute approximate surface area is 113 Å². The molecule has 2 aromatic heterocycles. The summed E-state index contributed by atoms with van der Waals surface area (Å²) in [7, 11) is 3.83. The lowest BCUT2D eigenvalue weighted by molar-refractivity contribution is 0.766. The maximum absolute atomic E-state index is 5.30. The van der Waals surface area contributed by atoms with Crippen molar-refractivity contribution in [1.29, 1.82) is 0 Å². The fourth-order valence-corrected chi connectivity index (χ4v) is 2.09. The fourth-order valence-electron chi connectivity index (χ4n) is 1.60. The van der Waals surface area contributed by atoms with Crippen molar-refractivity contribution in [2.75, 3.05) is 17.4 Å². The van der Waals surface area contributed by atoms with Gasteiger partial charge in [-0.1, -0.05) is 0 Å². The Balaban J connectivity index is 2.20. The van der Waals surface area contributed by atoms with E-state index >= 15 is 0 Å². The van der Waals surface area contributed by atoms with Crippen LogP contribution >= 0.6 is 15.9 Å². The predicted octanol–water partition coefficient (Wildman–Crippen LogP) is 0.895. The quantitative estimate of drug-likeness (QED) is 0.644. The molecule has 0 amide bonds. The molecule has 96 valence electrons. The topological polar surface area (TPSA) is 84.9 Å². The maximum atomic E-state index is 5.30. The fraction of sp³-hybridized carbons (Fsp3) is 0.300. The van der Waals surface area contributed by atoms with Gasteiger partial charge in [-0.3, -0.25) is 10.1 Å². The van der Waals surface area contributed by atoms with Crippen molar-refractivity contribution >= 4 is 27.7 Å². The molecule has 0 saturated carbocycles. The number of rotatable bonds is 4. The van der Waals surface area contributed by atoms with E-state index in [9.17, 15) is 0 Å². The molecule has 0 spiro atoms. The second kappa shape index (κ2) is 5.32. The molecule has 2 rings (SSSR count). The molecule has 7 nitrogen and oxygen atoms in total. The van der Waals surface area contributed by atoms with Crippen LogP contribution in [0.15, 0.2) is 23.1 Å². The molecule has 18 heavy (non-hydrogen) atoms. The first-order valence-corrected chi connectivity index (χ1v) is 6.07. The first kappa shape index (κ1) is 12.8. The Morgan fingerprint density at radius 2 is 2.28 bits per heavy atom. The highest BCUT2D eigenvalue weighted by atomic mass is 79.9. The van der Waals surface area contributed by atoms with Crippen LogP contribution in [0.5, 0.6) is 0 Å². The van der Waals surface area contributed by atoms with Crippen LogP contribution in [0.25, 0.3) is 0 Å². The Morgan fingerprint density at radius 3 is 2.89 bits per heavy atom. The van der Waals surface area contributed by atoms with Crippen molar-refractivity contribution < 1.29 is 0 Å². The molecular formula is C10H14BrN7. The second-order valence-electron chi connectivity index (χ2n) is 3.89. The highest BCUT2D eigenvalue weighted by molar-refractivity contribution is 9.10. The number of aromatic nitrogens is 4. The van der Waals surface area contributed by atoms with Gasteiger partial charge in [0, 0.05) is 38.6 Å². The predicted molar refractivity (Wildman–Crippen MR) is 72.9 cm³/mol. The van der Waals surface area contributed by atoms with E-state index in [2.05, 4.69) is 36.4 Å². The van der Waals surface area contributed by atoms with E-state index in [4.69, 9.17) is 5.84 Å². The van der Waals surface area contributed by atoms with Gasteiger partial charge in [-0.25, -0.2) is 10.8 Å². The number of nitrogens with zero attached hydrogens (tertiary/aromatic N) is 5. The average Bonchev–Trinajstić information content (AvgIpc) is 2.75. The number of nitrogens with one attached hydrogen (secondary N) is 1. The zero-order valence-electron chi connectivity index (χ0n) is 10.1. The number of halogens is 1. The maximum Gasteiger partial charge on any atom is 0.239 e. The van der Waals surface area contributed by atoms with Gasteiger partial charge in [-0.15, -0.1) is 0 Å². The van der Waals surface area contributed by atoms with Crippen LogP contribution in [0, 0.1) is 0 Å². The molecule has 8 heteroatoms. The highest BCUT2D eigenvalue weighted by Gasteiger charge is 2.10. The lowest BCUT2D eigenvalue weighted by Crippen LogP contribution is -2.20. The Hall–Kier alpha value is -1.67. The molecule has 0 atom stereocenters. The van der Waals surface area contributed by atoms with Gasteiger partial charge in [0.1, 0.15) is 5.82 Å². The first-order valence-electron chi connectivity index (χ1n) is 5.28. The Morgan fingerprint density at radius 1 is 1.50 bits per heavy atom. The molecule has 0 aliphatic heterocycles. The van der Waals surface area contributed by atoms with Crippen LogP contribution in [0.1, 0.15) is 5.56 Å². The summed E-state index contributed by atoms with van der Waals surface area (Å²) in [5, 5.41) is 4.13. The minimum atomic E-state index is 0.381. The van der Waals surface area contributed by atoms with Crippen LogP contribution in [0.3, 0.4) is 0 Å². The average molecular weight is 312 g/mol. The smallest absolute Gasteiger partial charge is 0.239 e. The van der Waals surface area contributed by atoms with Crippen molar-refractivity contribution in [3.05, 3.63) is 28.6 Å². The lowest BCUT2D eigenvalue weighted by Gasteiger charge is -2.18. The van der Waals surface area contributed by atoms with Crippen molar-refractivity contribution in [1.82, 2.24) is 19.7 Å². The molecule has 0 aliphatic rings. The van der Waals surface area contributed by atoms with Gasteiger partial charge in [0.05, 0.1) is 10.7 Å². The van der Waals surface area contributed by atoms with E-state index in [1.807, 2.05) is 31.4 Å². The second-order valence-corrected chi connectivity index (χ2v) is 4.74. The van der Waals surface area contributed by atoms with Gasteiger partial charge in [0.15, 0.2) is 0 Å². The summed E-state index contributed by atoms with van der Waals surface area (Å²) >= 11 is 3.42. The summed E-state index contributed by atoms with van der Waals surface area (Å²) in [6.07, 6.45) is 5.46. The number of hydrogen-bond donors (Lipinski definition) is 2. The first-order chi connectivity index (χ1) is 8.60. The van der Waals surface area contributed by atoms with E-state index in [1.165, 1.54) is 0 Å². The number of hydrogen-bond acceptors (Lipinski definition) is 6. The molecule has 0 aliphatic carbocycles. The van der Waals surface area contributed by atoms with Gasteiger partial charge in [0.2, 0.25) is 5.95 Å². The lowest BCUT2D eigenvalue weighted by atomic mass is 10.3. The van der Waals surface area contributed by atoms with E-state index in [0.29, 0.717) is 12.5 Å². The Kier molecular flexibility index (Phi) is 3.78. The number of aryl methyl sites for hydroxylation is 1. The number of anilines is 2. The van der Waals surface area contributed by atoms with Crippen LogP contribution in [-0.4, -0.2) is 26.8 Å². The Bertz CT molecular complexity index is 539. The molecule has 0 saturated heterocycles. The number of hydrazine groups is 1. The summed E-state index contributed by atoms with van der Waals surface area (Å²) < 4.78 is 2.58. The third-order valence-corrected chi connectivity index (χ3v) is 2.95. The van der Waals surface area contributed by atoms with Gasteiger partial charge in [-0.05, 0) is 15.9 Å². The minimum absolute atomic E-state index is 0.381. The van der Waals surface area contributed by atoms with E-state index in [1.54, 1.807) is 10.9 Å². The van der Waals surface area contributed by atoms with E-state index in [-0.39, 0.29) is 0 Å². The molecule has 0 fully saturated rings. The monoisotopic (exact) mass is 311 g/mol. The van der Waals surface area contributed by atoms with E-state index in [0.717, 1.165) is 15.9 Å². The zero-order chi connectivity index (χ0) is 13.1. The van der Waals surface area contributed by atoms with Crippen molar-refractivity contribution in [3.8, 4) is 0 Å². The summed E-state index contributed by atoms with van der Waals surface area (Å²) in [4.78, 5) is 10.3. The van der Waals surface area contributed by atoms with Crippen molar-refractivity contribution in [2.24, 2.45) is 12.9 Å². The van der Waals surface area contributed by atoms with Crippen LogP contribution in [0.2, 0.25) is 0 Å². The summed E-state index contributed by atoms with van der Waals surface area (Å²) in [6.45, 7) is 0.702. The van der Waals surface area contributed by atoms with E-state index < -0.39 is 0 Å². The molecule has 2 heterocycles. The molecular weight excluding hydrogens is 298 g/mol. The molecule has 0 radical (unpaired) electrons. The van der Waals surface area contributed by atoms with Gasteiger partial charge in [-0.2, -0.15) is 10.1 Å². The third-order valence-electron chi connectivity index (χ3n) is 2.39. The molecule has 0 aromatic carbocycles.